The van der Waals surface area contributed by atoms with Gasteiger partial charge in [0.25, 0.3) is 0 Å². The zero-order valence-corrected chi connectivity index (χ0v) is 37.8. The Morgan fingerprint density at radius 3 is 1.94 bits per heavy atom. The summed E-state index contributed by atoms with van der Waals surface area (Å²) in [7, 11) is 0. The molecule has 3 heterocycles. The Morgan fingerprint density at radius 1 is 0.373 bits per heavy atom. The van der Waals surface area contributed by atoms with Crippen LogP contribution in [0.4, 0.5) is 17.1 Å². The quantitative estimate of drug-likeness (QED) is 0.174. The van der Waals surface area contributed by atoms with Crippen molar-refractivity contribution in [3.63, 3.8) is 0 Å². The van der Waals surface area contributed by atoms with E-state index in [0.29, 0.717) is 0 Å². The van der Waals surface area contributed by atoms with E-state index in [-0.39, 0.29) is 0 Å². The molecule has 0 saturated heterocycles. The molecule has 2 nitrogen and oxygen atoms in total. The zero-order valence-electron chi connectivity index (χ0n) is 36.2. The van der Waals surface area contributed by atoms with Crippen molar-refractivity contribution in [3.05, 3.63) is 253 Å². The van der Waals surface area contributed by atoms with Crippen LogP contribution in [0.1, 0.15) is 22.3 Å². The summed E-state index contributed by atoms with van der Waals surface area (Å²) in [4.78, 5) is 5.09. The first-order valence-corrected chi connectivity index (χ1v) is 24.6. The van der Waals surface area contributed by atoms with Crippen LogP contribution in [0.3, 0.4) is 0 Å². The Bertz CT molecular complexity index is 4220. The summed E-state index contributed by atoms with van der Waals surface area (Å²) < 4.78 is 5.12. The van der Waals surface area contributed by atoms with Gasteiger partial charge in [-0.15, -0.1) is 11.3 Å². The van der Waals surface area contributed by atoms with Crippen LogP contribution in [0.5, 0.6) is 0 Å². The van der Waals surface area contributed by atoms with Gasteiger partial charge < -0.3 is 9.47 Å². The monoisotopic (exact) mass is 886 g/mol. The number of hydrogen-bond acceptors (Lipinski definition) is 3. The smallest absolute Gasteiger partial charge is 0.0736 e. The van der Waals surface area contributed by atoms with Crippen molar-refractivity contribution < 1.29 is 0 Å². The summed E-state index contributed by atoms with van der Waals surface area (Å²) in [5.41, 5.74) is 14.3. The number of fused-ring (bicyclic) bond motifs is 15. The number of thiophene rings is 1. The molecule has 1 unspecified atom stereocenters. The van der Waals surface area contributed by atoms with Crippen molar-refractivity contribution >= 4 is 104 Å². The Hall–Kier alpha value is -7.89. The first kappa shape index (κ1) is 37.3. The second-order valence-corrected chi connectivity index (χ2v) is 20.1. The van der Waals surface area contributed by atoms with E-state index in [1.807, 2.05) is 23.1 Å². The molecule has 2 aromatic heterocycles. The molecule has 0 saturated carbocycles. The standard InChI is InChI=1S/C63H38N2S2/c1-2-19-43-39(15-1)16-13-28-53(43)64(42-33-35-46-45-21-4-8-27-54(45)65(56(46)38-42)55-29-14-32-60-62(55)48-22-5-9-30-57(48)66-60)41-34-36-59-52(37-41)63(50-25-7-10-31-58(50)67-59)49-24-6-3-20-44(49)47-23-11-17-40-18-12-26-51(63)61(40)47/h1-38H. The molecule has 4 heteroatoms. The summed E-state index contributed by atoms with van der Waals surface area (Å²) in [5.74, 6) is 0. The highest BCUT2D eigenvalue weighted by molar-refractivity contribution is 7.99. The van der Waals surface area contributed by atoms with Crippen molar-refractivity contribution in [2.45, 2.75) is 15.2 Å². The van der Waals surface area contributed by atoms with Gasteiger partial charge in [-0.3, -0.25) is 0 Å². The third-order valence-electron chi connectivity index (χ3n) is 14.6. The Kier molecular flexibility index (Phi) is 7.84. The molecule has 1 atom stereocenters. The molecule has 0 N–H and O–H groups in total. The summed E-state index contributed by atoms with van der Waals surface area (Å²) in [6, 6.07) is 86.6. The molecule has 0 radical (unpaired) electrons. The molecule has 2 aliphatic rings. The molecule has 0 fully saturated rings. The normalized spacial score (nSPS) is 14.9. The Balaban J connectivity index is 1.04. The minimum absolute atomic E-state index is 0.569. The number of rotatable bonds is 4. The average Bonchev–Trinajstić information content (AvgIpc) is 3.94. The number of para-hydroxylation sites is 1. The van der Waals surface area contributed by atoms with Gasteiger partial charge in [0.1, 0.15) is 0 Å². The molecule has 1 aliphatic carbocycles. The van der Waals surface area contributed by atoms with E-state index >= 15 is 0 Å². The van der Waals surface area contributed by atoms with E-state index < -0.39 is 5.41 Å². The minimum Gasteiger partial charge on any atom is -0.310 e. The lowest BCUT2D eigenvalue weighted by atomic mass is 9.59. The van der Waals surface area contributed by atoms with E-state index in [1.54, 1.807) is 0 Å². The van der Waals surface area contributed by atoms with Crippen LogP contribution < -0.4 is 4.90 Å². The molecule has 67 heavy (non-hydrogen) atoms. The summed E-state index contributed by atoms with van der Waals surface area (Å²) in [5, 5.41) is 10.1. The molecule has 15 rings (SSSR count). The summed E-state index contributed by atoms with van der Waals surface area (Å²) >= 11 is 3.77. The largest absolute Gasteiger partial charge is 0.310 e. The fraction of sp³-hybridized carbons (Fsp3) is 0.0159. The molecule has 1 aliphatic heterocycles. The molecule has 0 bridgehead atoms. The third kappa shape index (κ3) is 5.12. The van der Waals surface area contributed by atoms with E-state index in [9.17, 15) is 0 Å². The number of aromatic nitrogens is 1. The van der Waals surface area contributed by atoms with Crippen molar-refractivity contribution in [3.8, 4) is 16.8 Å². The van der Waals surface area contributed by atoms with E-state index in [1.165, 1.54) is 112 Å². The molecule has 0 amide bonds. The maximum Gasteiger partial charge on any atom is 0.0736 e. The van der Waals surface area contributed by atoms with E-state index in [2.05, 4.69) is 240 Å². The lowest BCUT2D eigenvalue weighted by molar-refractivity contribution is 0.707. The van der Waals surface area contributed by atoms with Gasteiger partial charge in [-0.05, 0) is 116 Å². The number of benzene rings is 11. The van der Waals surface area contributed by atoms with Crippen molar-refractivity contribution in [2.24, 2.45) is 0 Å². The topological polar surface area (TPSA) is 8.17 Å². The van der Waals surface area contributed by atoms with Crippen LogP contribution >= 0.6 is 23.1 Å². The van der Waals surface area contributed by atoms with Gasteiger partial charge in [0, 0.05) is 57.5 Å². The summed E-state index contributed by atoms with van der Waals surface area (Å²) in [6.07, 6.45) is 0. The van der Waals surface area contributed by atoms with Gasteiger partial charge in [0.2, 0.25) is 0 Å². The fourth-order valence-electron chi connectivity index (χ4n) is 11.9. The van der Waals surface area contributed by atoms with Crippen LogP contribution in [0.2, 0.25) is 0 Å². The predicted octanol–water partition coefficient (Wildman–Crippen LogP) is 17.8. The average molecular weight is 887 g/mol. The molecule has 11 aromatic carbocycles. The van der Waals surface area contributed by atoms with Gasteiger partial charge in [-0.1, -0.05) is 176 Å². The van der Waals surface area contributed by atoms with Crippen molar-refractivity contribution in [1.29, 1.82) is 0 Å². The lowest BCUT2D eigenvalue weighted by Gasteiger charge is -2.46. The van der Waals surface area contributed by atoms with Crippen LogP contribution in [-0.2, 0) is 5.41 Å². The fourth-order valence-corrected chi connectivity index (χ4v) is 14.2. The second kappa shape index (κ2) is 14.1. The summed E-state index contributed by atoms with van der Waals surface area (Å²) in [6.45, 7) is 0. The van der Waals surface area contributed by atoms with Gasteiger partial charge >= 0.3 is 0 Å². The SMILES string of the molecule is c1ccc2c(c1)Sc1ccc(N(c3ccc4c5ccccc5n(-c5cccc6sc7ccccc7c56)c4c3)c3cccc4ccccc34)cc1C21c2ccccc2-c2cccc3cccc1c23. The van der Waals surface area contributed by atoms with Crippen LogP contribution in [-0.4, -0.2) is 4.57 Å². The maximum atomic E-state index is 2.53. The number of hydrogen-bond donors (Lipinski definition) is 0. The van der Waals surface area contributed by atoms with Crippen LogP contribution in [0.15, 0.2) is 240 Å². The second-order valence-electron chi connectivity index (χ2n) is 17.9. The first-order valence-electron chi connectivity index (χ1n) is 23.0. The van der Waals surface area contributed by atoms with Crippen molar-refractivity contribution in [1.82, 2.24) is 4.57 Å². The third-order valence-corrected chi connectivity index (χ3v) is 16.9. The van der Waals surface area contributed by atoms with E-state index in [0.717, 1.165) is 17.1 Å². The Morgan fingerprint density at radius 2 is 1.00 bits per heavy atom. The number of anilines is 3. The maximum absolute atomic E-state index is 2.53. The highest BCUT2D eigenvalue weighted by Gasteiger charge is 2.48. The molecule has 312 valence electrons. The van der Waals surface area contributed by atoms with Crippen molar-refractivity contribution in [2.75, 3.05) is 4.90 Å². The van der Waals surface area contributed by atoms with Gasteiger partial charge in [0.05, 0.1) is 27.8 Å². The van der Waals surface area contributed by atoms with Gasteiger partial charge in [-0.2, -0.15) is 0 Å². The Labute approximate surface area is 395 Å². The first-order chi connectivity index (χ1) is 33.2. The van der Waals surface area contributed by atoms with Crippen LogP contribution in [0, 0.1) is 0 Å². The van der Waals surface area contributed by atoms with Gasteiger partial charge in [0.15, 0.2) is 0 Å². The molecule has 13 aromatic rings. The predicted molar refractivity (Wildman–Crippen MR) is 285 cm³/mol. The minimum atomic E-state index is -0.569. The highest BCUT2D eigenvalue weighted by atomic mass is 32.2. The molecular weight excluding hydrogens is 849 g/mol. The molecular formula is C63H38N2S2. The number of nitrogens with zero attached hydrogens (tertiary/aromatic N) is 2. The van der Waals surface area contributed by atoms with Crippen LogP contribution in [0.25, 0.3) is 80.3 Å². The lowest BCUT2D eigenvalue weighted by Crippen LogP contribution is -2.36. The van der Waals surface area contributed by atoms with E-state index in [4.69, 9.17) is 0 Å². The zero-order chi connectivity index (χ0) is 43.8. The highest BCUT2D eigenvalue weighted by Crippen LogP contribution is 2.62. The van der Waals surface area contributed by atoms with Gasteiger partial charge in [-0.25, -0.2) is 0 Å². The molecule has 1 spiro atoms.